The Morgan fingerprint density at radius 1 is 1.25 bits per heavy atom. The van der Waals surface area contributed by atoms with Crippen LogP contribution in [-0.4, -0.2) is 73.7 Å². The molecule has 2 aliphatic carbocycles. The highest BCUT2D eigenvalue weighted by atomic mass is 32.1. The van der Waals surface area contributed by atoms with Crippen LogP contribution in [-0.2, 0) is 25.5 Å². The lowest BCUT2D eigenvalue weighted by Crippen LogP contribution is -2.57. The average Bonchev–Trinajstić information content (AvgIpc) is 3.15. The molecule has 2 aliphatic rings. The average molecular weight is 470 g/mol. The number of thiazole rings is 1. The molecule has 2 amide bonds. The molecule has 1 fully saturated rings. The summed E-state index contributed by atoms with van der Waals surface area (Å²) in [6, 6.07) is 0. The van der Waals surface area contributed by atoms with Gasteiger partial charge in [-0.25, -0.2) is 4.98 Å². The smallest absolute Gasteiger partial charge is 0.252 e. The van der Waals surface area contributed by atoms with Crippen LogP contribution in [0.3, 0.4) is 0 Å². The Balaban J connectivity index is 1.97. The molecule has 1 heterocycles. The number of fused-ring (bicyclic) bond motifs is 2. The quantitative estimate of drug-likeness (QED) is 0.401. The standard InChI is InChI=1S/C22H35N3O6S/c1-21-6-5-16(27)22(2,12-26)15(21)10-14-19(13(21)9-17(28)23-7-8-30-3)25-20(32-14)24-18(29)11-31-4/h13,15-16,26-27H,5-12H2,1-4H3,(H,23,28)(H,24,25,29). The van der Waals surface area contributed by atoms with Crippen LogP contribution in [0.15, 0.2) is 0 Å². The van der Waals surface area contributed by atoms with Crippen molar-refractivity contribution in [3.05, 3.63) is 10.6 Å². The minimum absolute atomic E-state index is 0.0315. The van der Waals surface area contributed by atoms with E-state index in [0.717, 1.165) is 17.0 Å². The lowest BCUT2D eigenvalue weighted by molar-refractivity contribution is -0.144. The third-order valence-corrected chi connectivity index (χ3v) is 8.44. The fourth-order valence-electron chi connectivity index (χ4n) is 5.54. The molecule has 9 nitrogen and oxygen atoms in total. The molecule has 1 saturated carbocycles. The molecule has 0 aliphatic heterocycles. The summed E-state index contributed by atoms with van der Waals surface area (Å²) in [5.41, 5.74) is -0.177. The number of amides is 2. The second kappa shape index (κ2) is 10.1. The third kappa shape index (κ3) is 4.70. The summed E-state index contributed by atoms with van der Waals surface area (Å²) >= 11 is 1.40. The maximum absolute atomic E-state index is 12.8. The number of hydrogen-bond donors (Lipinski definition) is 4. The van der Waals surface area contributed by atoms with Gasteiger partial charge in [-0.1, -0.05) is 13.8 Å². The highest BCUT2D eigenvalue weighted by molar-refractivity contribution is 7.15. The van der Waals surface area contributed by atoms with E-state index in [-0.39, 0.29) is 48.7 Å². The first-order valence-corrected chi connectivity index (χ1v) is 11.8. The van der Waals surface area contributed by atoms with Crippen molar-refractivity contribution in [3.63, 3.8) is 0 Å². The number of hydrogen-bond acceptors (Lipinski definition) is 8. The lowest BCUT2D eigenvalue weighted by atomic mass is 9.47. The third-order valence-electron chi connectivity index (χ3n) is 7.43. The number of rotatable bonds is 9. The van der Waals surface area contributed by atoms with Gasteiger partial charge in [-0.3, -0.25) is 14.9 Å². The van der Waals surface area contributed by atoms with Crippen molar-refractivity contribution in [3.8, 4) is 0 Å². The molecule has 0 radical (unpaired) electrons. The number of nitrogens with one attached hydrogen (secondary N) is 2. The van der Waals surface area contributed by atoms with Crippen LogP contribution >= 0.6 is 11.3 Å². The van der Waals surface area contributed by atoms with Crippen molar-refractivity contribution >= 4 is 28.3 Å². The monoisotopic (exact) mass is 469 g/mol. The van der Waals surface area contributed by atoms with Gasteiger partial charge >= 0.3 is 0 Å². The maximum Gasteiger partial charge on any atom is 0.252 e. The Labute approximate surface area is 192 Å². The van der Waals surface area contributed by atoms with E-state index in [1.54, 1.807) is 7.11 Å². The number of nitrogens with zero attached hydrogens (tertiary/aromatic N) is 1. The summed E-state index contributed by atoms with van der Waals surface area (Å²) in [6.07, 6.45) is 1.56. The van der Waals surface area contributed by atoms with Crippen molar-refractivity contribution in [2.24, 2.45) is 16.7 Å². The molecule has 0 saturated heterocycles. The molecule has 180 valence electrons. The second-order valence-corrected chi connectivity index (χ2v) is 10.5. The Hall–Kier alpha value is -1.59. The number of carbonyl (C=O) groups is 2. The van der Waals surface area contributed by atoms with E-state index < -0.39 is 11.5 Å². The number of aliphatic hydroxyl groups is 2. The summed E-state index contributed by atoms with van der Waals surface area (Å²) in [4.78, 5) is 30.6. The van der Waals surface area contributed by atoms with Crippen LogP contribution in [0.2, 0.25) is 0 Å². The number of aliphatic hydroxyl groups excluding tert-OH is 2. The molecule has 0 aromatic carbocycles. The van der Waals surface area contributed by atoms with Crippen LogP contribution in [0.1, 0.15) is 49.6 Å². The Morgan fingerprint density at radius 2 is 2.00 bits per heavy atom. The number of aromatic nitrogens is 1. The number of ether oxygens (including phenoxy) is 2. The van der Waals surface area contributed by atoms with Gasteiger partial charge in [0.2, 0.25) is 5.91 Å². The van der Waals surface area contributed by atoms with E-state index in [1.807, 2.05) is 6.92 Å². The second-order valence-electron chi connectivity index (χ2n) is 9.39. The zero-order valence-corrected chi connectivity index (χ0v) is 20.1. The van der Waals surface area contributed by atoms with Gasteiger partial charge < -0.3 is 25.0 Å². The highest BCUT2D eigenvalue weighted by Crippen LogP contribution is 2.62. The lowest BCUT2D eigenvalue weighted by Gasteiger charge is -2.58. The predicted molar refractivity (Wildman–Crippen MR) is 121 cm³/mol. The fourth-order valence-corrected chi connectivity index (χ4v) is 6.62. The van der Waals surface area contributed by atoms with Crippen LogP contribution in [0.25, 0.3) is 0 Å². The van der Waals surface area contributed by atoms with Crippen LogP contribution in [0.5, 0.6) is 0 Å². The van der Waals surface area contributed by atoms with Crippen molar-refractivity contribution in [2.75, 3.05) is 45.9 Å². The van der Waals surface area contributed by atoms with E-state index in [2.05, 4.69) is 17.6 Å². The Bertz CT molecular complexity index is 833. The molecule has 32 heavy (non-hydrogen) atoms. The van der Waals surface area contributed by atoms with Crippen molar-refractivity contribution in [2.45, 2.75) is 51.6 Å². The van der Waals surface area contributed by atoms with E-state index in [4.69, 9.17) is 14.5 Å². The van der Waals surface area contributed by atoms with Crippen LogP contribution < -0.4 is 10.6 Å². The molecule has 1 aromatic rings. The Morgan fingerprint density at radius 3 is 2.66 bits per heavy atom. The molecule has 3 rings (SSSR count). The highest BCUT2D eigenvalue weighted by Gasteiger charge is 2.59. The van der Waals surface area contributed by atoms with Gasteiger partial charge in [0.05, 0.1) is 25.0 Å². The van der Waals surface area contributed by atoms with Crippen LogP contribution in [0, 0.1) is 16.7 Å². The molecule has 10 heteroatoms. The van der Waals surface area contributed by atoms with Gasteiger partial charge in [-0.05, 0) is 30.6 Å². The molecule has 4 N–H and O–H groups in total. The molecule has 5 atom stereocenters. The van der Waals surface area contributed by atoms with Crippen molar-refractivity contribution in [1.82, 2.24) is 10.3 Å². The van der Waals surface area contributed by atoms with Gasteiger partial charge in [-0.2, -0.15) is 0 Å². The molecular formula is C22H35N3O6S. The minimum atomic E-state index is -0.682. The summed E-state index contributed by atoms with van der Waals surface area (Å²) in [5, 5.41) is 27.2. The van der Waals surface area contributed by atoms with E-state index in [9.17, 15) is 19.8 Å². The number of anilines is 1. The normalized spacial score (nSPS) is 31.5. The van der Waals surface area contributed by atoms with Crippen molar-refractivity contribution < 1.29 is 29.3 Å². The topological polar surface area (TPSA) is 130 Å². The van der Waals surface area contributed by atoms with E-state index in [0.29, 0.717) is 31.1 Å². The predicted octanol–water partition coefficient (Wildman–Crippen LogP) is 1.30. The fraction of sp³-hybridized carbons (Fsp3) is 0.773. The van der Waals surface area contributed by atoms with Crippen molar-refractivity contribution in [1.29, 1.82) is 0 Å². The van der Waals surface area contributed by atoms with Gasteiger partial charge in [0.15, 0.2) is 5.13 Å². The number of methoxy groups -OCH3 is 2. The maximum atomic E-state index is 12.8. The van der Waals surface area contributed by atoms with Gasteiger partial charge in [0.1, 0.15) is 6.61 Å². The zero-order chi connectivity index (χ0) is 23.5. The SMILES string of the molecule is COCCNC(=O)CC1c2nc(NC(=O)COC)sc2CC2C(C)(CO)C(O)CCC12C. The van der Waals surface area contributed by atoms with E-state index >= 15 is 0 Å². The molecule has 0 bridgehead atoms. The summed E-state index contributed by atoms with van der Waals surface area (Å²) in [6.45, 7) is 4.75. The largest absolute Gasteiger partial charge is 0.396 e. The zero-order valence-electron chi connectivity index (χ0n) is 19.3. The summed E-state index contributed by atoms with van der Waals surface area (Å²) in [5.74, 6) is -0.598. The van der Waals surface area contributed by atoms with Gasteiger partial charge in [-0.15, -0.1) is 11.3 Å². The molecule has 1 aromatic heterocycles. The Kier molecular flexibility index (Phi) is 7.93. The molecule has 5 unspecified atom stereocenters. The van der Waals surface area contributed by atoms with Gasteiger partial charge in [0.25, 0.3) is 5.91 Å². The first kappa shape index (κ1) is 25.0. The van der Waals surface area contributed by atoms with Gasteiger partial charge in [0, 0.05) is 43.4 Å². The summed E-state index contributed by atoms with van der Waals surface area (Å²) in [7, 11) is 3.04. The van der Waals surface area contributed by atoms with E-state index in [1.165, 1.54) is 18.4 Å². The number of carbonyl (C=O) groups excluding carboxylic acids is 2. The van der Waals surface area contributed by atoms with Crippen LogP contribution in [0.4, 0.5) is 5.13 Å². The first-order chi connectivity index (χ1) is 15.2. The first-order valence-electron chi connectivity index (χ1n) is 11.0. The minimum Gasteiger partial charge on any atom is -0.396 e. The summed E-state index contributed by atoms with van der Waals surface area (Å²) < 4.78 is 9.92. The molecular weight excluding hydrogens is 434 g/mol. The molecule has 0 spiro atoms.